The zero-order chi connectivity index (χ0) is 16.7. The Morgan fingerprint density at radius 2 is 2.08 bits per heavy atom. The molecular weight excluding hydrogens is 340 g/mol. The Morgan fingerprint density at radius 3 is 2.75 bits per heavy atom. The molecule has 5 rings (SSSR count). The molecule has 2 aromatic heterocycles. The lowest BCUT2D eigenvalue weighted by atomic mass is 9.79. The Morgan fingerprint density at radius 1 is 1.29 bits per heavy atom. The summed E-state index contributed by atoms with van der Waals surface area (Å²) in [6, 6.07) is 8.58. The number of rotatable bonds is 4. The summed E-state index contributed by atoms with van der Waals surface area (Å²) in [6.45, 7) is 6.54. The van der Waals surface area contributed by atoms with Crippen LogP contribution in [0.25, 0.3) is 0 Å². The van der Waals surface area contributed by atoms with Crippen molar-refractivity contribution in [1.29, 1.82) is 0 Å². The molecule has 3 aliphatic heterocycles. The number of fused-ring (bicyclic) bond motifs is 3. The molecule has 3 saturated heterocycles. The number of nitrogens with zero attached hydrogens (tertiary/aromatic N) is 1. The number of aryl methyl sites for hydroxylation is 1. The molecule has 128 valence electrons. The van der Waals surface area contributed by atoms with E-state index in [1.54, 1.807) is 11.8 Å². The van der Waals surface area contributed by atoms with Crippen molar-refractivity contribution in [3.8, 4) is 0 Å². The standard InChI is InChI=1S/C18H22N2O2S2/c1-11-3-5-15(22-11)24-16-6-4-14(23-16)18(21)19-17-12(2)20-9-7-13(17)8-10-20/h3-6,12-13,17H,7-10H2,1-2H3,(H,19,21). The number of piperidine rings is 3. The minimum Gasteiger partial charge on any atom is -0.455 e. The van der Waals surface area contributed by atoms with Crippen molar-refractivity contribution in [3.63, 3.8) is 0 Å². The van der Waals surface area contributed by atoms with Gasteiger partial charge in [-0.3, -0.25) is 9.69 Å². The molecule has 0 saturated carbocycles. The summed E-state index contributed by atoms with van der Waals surface area (Å²) in [4.78, 5) is 15.9. The van der Waals surface area contributed by atoms with Crippen LogP contribution in [0.15, 0.2) is 38.0 Å². The molecule has 0 spiro atoms. The SMILES string of the molecule is Cc1ccc(Sc2ccc(C(=O)NC3C4CCN(CC4)C3C)s2)o1. The van der Waals surface area contributed by atoms with Gasteiger partial charge in [-0.1, -0.05) is 0 Å². The maximum atomic E-state index is 12.7. The van der Waals surface area contributed by atoms with Crippen LogP contribution in [0.3, 0.4) is 0 Å². The number of hydrogen-bond donors (Lipinski definition) is 1. The van der Waals surface area contributed by atoms with Crippen molar-refractivity contribution < 1.29 is 9.21 Å². The van der Waals surface area contributed by atoms with Gasteiger partial charge in [-0.25, -0.2) is 0 Å². The Kier molecular flexibility index (Phi) is 4.45. The monoisotopic (exact) mass is 362 g/mol. The molecule has 0 aromatic carbocycles. The topological polar surface area (TPSA) is 45.5 Å². The Balaban J connectivity index is 1.41. The summed E-state index contributed by atoms with van der Waals surface area (Å²) >= 11 is 3.10. The molecule has 24 heavy (non-hydrogen) atoms. The van der Waals surface area contributed by atoms with Crippen LogP contribution >= 0.6 is 23.1 Å². The van der Waals surface area contributed by atoms with Gasteiger partial charge >= 0.3 is 0 Å². The first kappa shape index (κ1) is 16.2. The van der Waals surface area contributed by atoms with Gasteiger partial charge in [-0.2, -0.15) is 0 Å². The van der Waals surface area contributed by atoms with Crippen LogP contribution in [-0.2, 0) is 0 Å². The van der Waals surface area contributed by atoms with Crippen molar-refractivity contribution in [2.45, 2.75) is 48.1 Å². The number of thiophene rings is 1. The molecule has 2 atom stereocenters. The zero-order valence-electron chi connectivity index (χ0n) is 14.0. The molecule has 3 aliphatic rings. The van der Waals surface area contributed by atoms with E-state index in [9.17, 15) is 4.79 Å². The van der Waals surface area contributed by atoms with Crippen LogP contribution in [0.4, 0.5) is 0 Å². The first-order chi connectivity index (χ1) is 11.6. The first-order valence-corrected chi connectivity index (χ1v) is 10.1. The zero-order valence-corrected chi connectivity index (χ0v) is 15.6. The van der Waals surface area contributed by atoms with E-state index < -0.39 is 0 Å². The van der Waals surface area contributed by atoms with Gasteiger partial charge in [-0.15, -0.1) is 11.3 Å². The summed E-state index contributed by atoms with van der Waals surface area (Å²) in [7, 11) is 0. The van der Waals surface area contributed by atoms with E-state index in [1.807, 2.05) is 31.2 Å². The summed E-state index contributed by atoms with van der Waals surface area (Å²) in [5.41, 5.74) is 0. The first-order valence-electron chi connectivity index (χ1n) is 8.49. The molecule has 4 nitrogen and oxygen atoms in total. The van der Waals surface area contributed by atoms with Crippen molar-refractivity contribution in [2.75, 3.05) is 13.1 Å². The molecule has 0 radical (unpaired) electrons. The van der Waals surface area contributed by atoms with Crippen LogP contribution in [0.2, 0.25) is 0 Å². The highest BCUT2D eigenvalue weighted by molar-refractivity contribution is 8.01. The van der Waals surface area contributed by atoms with Crippen LogP contribution in [0.1, 0.15) is 35.2 Å². The number of amides is 1. The fourth-order valence-corrected chi connectivity index (χ4v) is 5.80. The van der Waals surface area contributed by atoms with Crippen molar-refractivity contribution in [1.82, 2.24) is 10.2 Å². The predicted octanol–water partition coefficient (Wildman–Crippen LogP) is 4.01. The second kappa shape index (κ2) is 6.58. The van der Waals surface area contributed by atoms with E-state index in [2.05, 4.69) is 17.1 Å². The number of nitrogens with one attached hydrogen (secondary N) is 1. The van der Waals surface area contributed by atoms with Gasteiger partial charge in [0.2, 0.25) is 0 Å². The van der Waals surface area contributed by atoms with Gasteiger partial charge in [0.05, 0.1) is 9.09 Å². The van der Waals surface area contributed by atoms with E-state index >= 15 is 0 Å². The van der Waals surface area contributed by atoms with Crippen LogP contribution < -0.4 is 5.32 Å². The van der Waals surface area contributed by atoms with Gasteiger partial charge in [0.15, 0.2) is 5.09 Å². The predicted molar refractivity (Wildman–Crippen MR) is 96.9 cm³/mol. The van der Waals surface area contributed by atoms with E-state index in [-0.39, 0.29) is 11.9 Å². The van der Waals surface area contributed by atoms with Crippen LogP contribution in [0.5, 0.6) is 0 Å². The lowest BCUT2D eigenvalue weighted by Crippen LogP contribution is -2.62. The molecule has 1 N–H and O–H groups in total. The molecule has 5 heterocycles. The maximum absolute atomic E-state index is 12.7. The summed E-state index contributed by atoms with van der Waals surface area (Å²) in [5, 5.41) is 4.16. The van der Waals surface area contributed by atoms with Crippen LogP contribution in [-0.4, -0.2) is 36.0 Å². The highest BCUT2D eigenvalue weighted by Crippen LogP contribution is 2.35. The molecule has 0 aliphatic carbocycles. The number of carbonyl (C=O) groups excluding carboxylic acids is 1. The average Bonchev–Trinajstić information content (AvgIpc) is 3.21. The minimum atomic E-state index is 0.0630. The van der Waals surface area contributed by atoms with Gasteiger partial charge in [0.25, 0.3) is 5.91 Å². The van der Waals surface area contributed by atoms with Crippen LogP contribution in [0, 0.1) is 12.8 Å². The third-order valence-electron chi connectivity index (χ3n) is 5.20. The lowest BCUT2D eigenvalue weighted by Gasteiger charge is -2.49. The Hall–Kier alpha value is -1.24. The normalized spacial score (nSPS) is 28.9. The molecule has 3 fully saturated rings. The molecule has 2 unspecified atom stereocenters. The van der Waals surface area contributed by atoms with Gasteiger partial charge in [-0.05, 0) is 81.7 Å². The number of hydrogen-bond acceptors (Lipinski definition) is 5. The number of carbonyl (C=O) groups is 1. The highest BCUT2D eigenvalue weighted by Gasteiger charge is 2.40. The summed E-state index contributed by atoms with van der Waals surface area (Å²) in [6.07, 6.45) is 2.41. The van der Waals surface area contributed by atoms with E-state index in [0.717, 1.165) is 19.9 Å². The van der Waals surface area contributed by atoms with Crippen molar-refractivity contribution in [2.24, 2.45) is 5.92 Å². The van der Waals surface area contributed by atoms with Gasteiger partial charge < -0.3 is 9.73 Å². The van der Waals surface area contributed by atoms with E-state index in [1.165, 1.54) is 37.3 Å². The molecule has 1 amide bonds. The second-order valence-corrected chi connectivity index (χ2v) is 9.09. The maximum Gasteiger partial charge on any atom is 0.261 e. The van der Waals surface area contributed by atoms with E-state index in [0.29, 0.717) is 12.0 Å². The van der Waals surface area contributed by atoms with Gasteiger partial charge in [0, 0.05) is 12.1 Å². The third-order valence-corrected chi connectivity index (χ3v) is 7.33. The molecular formula is C18H22N2O2S2. The van der Waals surface area contributed by atoms with Crippen molar-refractivity contribution >= 4 is 29.0 Å². The summed E-state index contributed by atoms with van der Waals surface area (Å²) in [5.74, 6) is 1.60. The molecule has 2 aromatic rings. The van der Waals surface area contributed by atoms with Crippen molar-refractivity contribution in [3.05, 3.63) is 34.9 Å². The Bertz CT molecular complexity index is 729. The average molecular weight is 363 g/mol. The largest absolute Gasteiger partial charge is 0.455 e. The smallest absolute Gasteiger partial charge is 0.261 e. The third kappa shape index (κ3) is 3.15. The van der Waals surface area contributed by atoms with E-state index in [4.69, 9.17) is 4.42 Å². The lowest BCUT2D eigenvalue weighted by molar-refractivity contribution is 0.0218. The quantitative estimate of drug-likeness (QED) is 0.892. The fraction of sp³-hybridized carbons (Fsp3) is 0.500. The summed E-state index contributed by atoms with van der Waals surface area (Å²) < 4.78 is 6.67. The minimum absolute atomic E-state index is 0.0630. The highest BCUT2D eigenvalue weighted by atomic mass is 32.2. The second-order valence-electron chi connectivity index (χ2n) is 6.70. The van der Waals surface area contributed by atoms with Gasteiger partial charge in [0.1, 0.15) is 5.76 Å². The molecule has 6 heteroatoms. The number of furan rings is 1. The Labute approximate surface area is 150 Å². The fourth-order valence-electron chi connectivity index (χ4n) is 3.83. The molecule has 2 bridgehead atoms.